The van der Waals surface area contributed by atoms with E-state index < -0.39 is 30.5 Å². The Labute approximate surface area is 165 Å². The lowest BCUT2D eigenvalue weighted by Crippen LogP contribution is -2.44. The lowest BCUT2D eigenvalue weighted by atomic mass is 10.1. The van der Waals surface area contributed by atoms with Crippen molar-refractivity contribution < 1.29 is 24.9 Å². The molecule has 0 amide bonds. The van der Waals surface area contributed by atoms with Crippen LogP contribution in [0, 0.1) is 13.8 Å². The average Bonchev–Trinajstić information content (AvgIpc) is 3.19. The van der Waals surface area contributed by atoms with Crippen molar-refractivity contribution in [1.29, 1.82) is 0 Å². The quantitative estimate of drug-likeness (QED) is 0.313. The van der Waals surface area contributed by atoms with E-state index in [1.54, 1.807) is 12.1 Å². The standard InChI is InChI=1S/C18H23N5O6/c1-8-3-10-11(4-9(8)2)23(6-13(26)16(27)12(25)5-19)18(28)15(20-10)17-21-14(7-24)22-29-17/h3-4,12-13,16,24-27H,5-7,19H2,1-2H3/t12-,13+,16-/m1/s1. The molecule has 11 heteroatoms. The van der Waals surface area contributed by atoms with Gasteiger partial charge in [0.2, 0.25) is 0 Å². The van der Waals surface area contributed by atoms with Crippen LogP contribution in [0.5, 0.6) is 0 Å². The molecule has 0 spiro atoms. The molecule has 0 saturated carbocycles. The van der Waals surface area contributed by atoms with Crippen LogP contribution in [-0.4, -0.2) is 65.0 Å². The van der Waals surface area contributed by atoms with E-state index in [0.717, 1.165) is 11.1 Å². The van der Waals surface area contributed by atoms with Gasteiger partial charge < -0.3 is 35.2 Å². The van der Waals surface area contributed by atoms with Gasteiger partial charge >= 0.3 is 0 Å². The topological polar surface area (TPSA) is 181 Å². The molecule has 0 unspecified atom stereocenters. The third kappa shape index (κ3) is 4.04. The number of nitrogens with two attached hydrogens (primary N) is 1. The highest BCUT2D eigenvalue weighted by Crippen LogP contribution is 2.21. The zero-order valence-corrected chi connectivity index (χ0v) is 16.0. The summed E-state index contributed by atoms with van der Waals surface area (Å²) in [5.41, 5.74) is 7.23. The molecule has 6 N–H and O–H groups in total. The van der Waals surface area contributed by atoms with Crippen LogP contribution in [0.25, 0.3) is 22.6 Å². The normalized spacial score (nSPS) is 14.9. The van der Waals surface area contributed by atoms with Crippen molar-refractivity contribution in [3.63, 3.8) is 0 Å². The summed E-state index contributed by atoms with van der Waals surface area (Å²) < 4.78 is 6.25. The van der Waals surface area contributed by atoms with Gasteiger partial charge in [-0.2, -0.15) is 4.98 Å². The molecule has 3 rings (SSSR count). The number of aliphatic hydroxyl groups is 4. The third-order valence-electron chi connectivity index (χ3n) is 4.77. The van der Waals surface area contributed by atoms with E-state index in [2.05, 4.69) is 15.1 Å². The number of rotatable bonds is 7. The number of benzene rings is 1. The van der Waals surface area contributed by atoms with E-state index in [9.17, 15) is 20.1 Å². The van der Waals surface area contributed by atoms with Crippen LogP contribution >= 0.6 is 0 Å². The van der Waals surface area contributed by atoms with E-state index in [0.29, 0.717) is 11.0 Å². The number of hydrogen-bond acceptors (Lipinski definition) is 10. The Hall–Kier alpha value is -2.70. The van der Waals surface area contributed by atoms with Crippen LogP contribution in [0.15, 0.2) is 21.5 Å². The van der Waals surface area contributed by atoms with Gasteiger partial charge in [0.05, 0.1) is 23.7 Å². The van der Waals surface area contributed by atoms with Crippen LogP contribution in [0.1, 0.15) is 17.0 Å². The fourth-order valence-electron chi connectivity index (χ4n) is 2.92. The first-order valence-corrected chi connectivity index (χ1v) is 8.96. The first-order chi connectivity index (χ1) is 13.8. The number of hydrogen-bond donors (Lipinski definition) is 5. The molecular weight excluding hydrogens is 382 g/mol. The minimum atomic E-state index is -1.55. The number of fused-ring (bicyclic) bond motifs is 1. The smallest absolute Gasteiger partial charge is 0.282 e. The van der Waals surface area contributed by atoms with Crippen molar-refractivity contribution in [3.05, 3.63) is 39.4 Å². The number of aromatic nitrogens is 4. The molecule has 0 aliphatic heterocycles. The Balaban J connectivity index is 2.18. The van der Waals surface area contributed by atoms with Gasteiger partial charge in [-0.15, -0.1) is 0 Å². The molecule has 1 aromatic carbocycles. The second-order valence-electron chi connectivity index (χ2n) is 6.84. The molecule has 0 saturated heterocycles. The van der Waals surface area contributed by atoms with E-state index in [4.69, 9.17) is 15.4 Å². The van der Waals surface area contributed by atoms with E-state index in [-0.39, 0.29) is 30.5 Å². The largest absolute Gasteiger partial charge is 0.389 e. The Morgan fingerprint density at radius 3 is 2.45 bits per heavy atom. The minimum Gasteiger partial charge on any atom is -0.389 e. The molecular formula is C18H23N5O6. The zero-order chi connectivity index (χ0) is 21.3. The second-order valence-corrected chi connectivity index (χ2v) is 6.84. The SMILES string of the molecule is Cc1cc2nc(-c3nc(CO)no3)c(=O)n(C[C@H](O)[C@H](O)[C@H](O)CN)c2cc1C. The van der Waals surface area contributed by atoms with Crippen molar-refractivity contribution in [1.82, 2.24) is 19.7 Å². The minimum absolute atomic E-state index is 0.00513. The highest BCUT2D eigenvalue weighted by atomic mass is 16.5. The number of aliphatic hydroxyl groups excluding tert-OH is 4. The molecule has 156 valence electrons. The lowest BCUT2D eigenvalue weighted by molar-refractivity contribution is -0.0605. The van der Waals surface area contributed by atoms with Gasteiger partial charge in [0.15, 0.2) is 11.5 Å². The van der Waals surface area contributed by atoms with Gasteiger partial charge in [-0.1, -0.05) is 5.16 Å². The summed E-state index contributed by atoms with van der Waals surface area (Å²) in [5.74, 6) is -0.181. The molecule has 0 radical (unpaired) electrons. The maximum Gasteiger partial charge on any atom is 0.282 e. The van der Waals surface area contributed by atoms with Gasteiger partial charge in [-0.05, 0) is 37.1 Å². The van der Waals surface area contributed by atoms with Crippen LogP contribution in [0.2, 0.25) is 0 Å². The summed E-state index contributed by atoms with van der Waals surface area (Å²) in [6.07, 6.45) is -4.36. The van der Waals surface area contributed by atoms with Crippen LogP contribution in [0.4, 0.5) is 0 Å². The summed E-state index contributed by atoms with van der Waals surface area (Å²) in [6, 6.07) is 3.51. The van der Waals surface area contributed by atoms with Gasteiger partial charge in [0.1, 0.15) is 18.8 Å². The summed E-state index contributed by atoms with van der Waals surface area (Å²) >= 11 is 0. The molecule has 2 aromatic heterocycles. The monoisotopic (exact) mass is 405 g/mol. The Bertz CT molecular complexity index is 1080. The van der Waals surface area contributed by atoms with E-state index in [1.165, 1.54) is 4.57 Å². The molecule has 0 bridgehead atoms. The molecule has 0 aliphatic carbocycles. The first kappa shape index (κ1) is 21.0. The van der Waals surface area contributed by atoms with Crippen molar-refractivity contribution in [2.75, 3.05) is 6.54 Å². The van der Waals surface area contributed by atoms with Crippen molar-refractivity contribution in [3.8, 4) is 11.6 Å². The molecule has 3 aromatic rings. The first-order valence-electron chi connectivity index (χ1n) is 8.96. The van der Waals surface area contributed by atoms with Crippen LogP contribution in [0.3, 0.4) is 0 Å². The Morgan fingerprint density at radius 2 is 1.83 bits per heavy atom. The number of aryl methyl sites for hydroxylation is 2. The Kier molecular flexibility index (Phi) is 6.05. The fourth-order valence-corrected chi connectivity index (χ4v) is 2.92. The predicted octanol–water partition coefficient (Wildman–Crippen LogP) is -1.40. The van der Waals surface area contributed by atoms with Crippen molar-refractivity contribution in [2.24, 2.45) is 5.73 Å². The molecule has 0 aliphatic rings. The predicted molar refractivity (Wildman–Crippen MR) is 102 cm³/mol. The third-order valence-corrected chi connectivity index (χ3v) is 4.77. The summed E-state index contributed by atoms with van der Waals surface area (Å²) in [7, 11) is 0. The van der Waals surface area contributed by atoms with E-state index >= 15 is 0 Å². The molecule has 2 heterocycles. The van der Waals surface area contributed by atoms with Gasteiger partial charge in [0.25, 0.3) is 11.4 Å². The summed E-state index contributed by atoms with van der Waals surface area (Å²) in [5, 5.41) is 42.8. The van der Waals surface area contributed by atoms with Gasteiger partial charge in [-0.25, -0.2) is 4.98 Å². The number of nitrogens with zero attached hydrogens (tertiary/aromatic N) is 4. The maximum absolute atomic E-state index is 13.1. The zero-order valence-electron chi connectivity index (χ0n) is 16.0. The molecule has 3 atom stereocenters. The molecule has 29 heavy (non-hydrogen) atoms. The summed E-state index contributed by atoms with van der Waals surface area (Å²) in [6.45, 7) is 2.71. The highest BCUT2D eigenvalue weighted by Gasteiger charge is 2.26. The summed E-state index contributed by atoms with van der Waals surface area (Å²) in [4.78, 5) is 21.4. The molecule has 0 fully saturated rings. The van der Waals surface area contributed by atoms with E-state index in [1.807, 2.05) is 13.8 Å². The average molecular weight is 405 g/mol. The van der Waals surface area contributed by atoms with Crippen molar-refractivity contribution >= 4 is 11.0 Å². The van der Waals surface area contributed by atoms with Crippen molar-refractivity contribution in [2.45, 2.75) is 45.3 Å². The lowest BCUT2D eigenvalue weighted by Gasteiger charge is -2.23. The maximum atomic E-state index is 13.1. The highest BCUT2D eigenvalue weighted by molar-refractivity contribution is 5.78. The second kappa shape index (κ2) is 8.35. The Morgan fingerprint density at radius 1 is 1.14 bits per heavy atom. The molecule has 11 nitrogen and oxygen atoms in total. The van der Waals surface area contributed by atoms with Crippen LogP contribution < -0.4 is 11.3 Å². The van der Waals surface area contributed by atoms with Gasteiger partial charge in [0, 0.05) is 6.54 Å². The van der Waals surface area contributed by atoms with Crippen LogP contribution in [-0.2, 0) is 13.2 Å². The fraction of sp³-hybridized carbons (Fsp3) is 0.444. The van der Waals surface area contributed by atoms with Gasteiger partial charge in [-0.3, -0.25) is 4.79 Å².